The summed E-state index contributed by atoms with van der Waals surface area (Å²) in [6.45, 7) is 0. The van der Waals surface area contributed by atoms with Crippen LogP contribution in [0.2, 0.25) is 0 Å². The van der Waals surface area contributed by atoms with Gasteiger partial charge in [0.05, 0.1) is 12.1 Å². The lowest BCUT2D eigenvalue weighted by molar-refractivity contribution is -0.149. The molecular formula is C18H19FN2O3S. The smallest absolute Gasteiger partial charge is 0.329 e. The summed E-state index contributed by atoms with van der Waals surface area (Å²) >= 11 is 1.33. The molecule has 3 rings (SSSR count). The summed E-state index contributed by atoms with van der Waals surface area (Å²) < 4.78 is 13.3. The lowest BCUT2D eigenvalue weighted by atomic mass is 9.81. The molecule has 1 amide bonds. The van der Waals surface area contributed by atoms with E-state index in [0.717, 1.165) is 19.3 Å². The standard InChI is InChI=1S/C18H19FN2O3S/c19-13-6-4-5-12(9-13)16-20-14(11-25-16)10-15(22)21-18(17(23)24)7-2-1-3-8-18/h4-6,9,11H,1-3,7-8,10H2,(H,21,22)(H,23,24). The Morgan fingerprint density at radius 2 is 2.04 bits per heavy atom. The number of carboxylic acids is 1. The van der Waals surface area contributed by atoms with Gasteiger partial charge in [-0.1, -0.05) is 31.4 Å². The largest absolute Gasteiger partial charge is 0.480 e. The number of benzene rings is 1. The molecule has 1 aromatic heterocycles. The molecular weight excluding hydrogens is 343 g/mol. The predicted octanol–water partition coefficient (Wildman–Crippen LogP) is 3.40. The highest BCUT2D eigenvalue weighted by Gasteiger charge is 2.40. The molecule has 2 aromatic rings. The number of carbonyl (C=O) groups excluding carboxylic acids is 1. The van der Waals surface area contributed by atoms with Crippen molar-refractivity contribution in [1.29, 1.82) is 0 Å². The first kappa shape index (κ1) is 17.5. The monoisotopic (exact) mass is 362 g/mol. The van der Waals surface area contributed by atoms with Crippen LogP contribution in [0.1, 0.15) is 37.8 Å². The number of carbonyl (C=O) groups is 2. The van der Waals surface area contributed by atoms with E-state index in [1.165, 1.54) is 23.5 Å². The van der Waals surface area contributed by atoms with E-state index in [9.17, 15) is 19.1 Å². The molecule has 0 atom stereocenters. The van der Waals surface area contributed by atoms with Crippen molar-refractivity contribution in [3.8, 4) is 10.6 Å². The predicted molar refractivity (Wildman–Crippen MR) is 92.8 cm³/mol. The van der Waals surface area contributed by atoms with Crippen molar-refractivity contribution in [1.82, 2.24) is 10.3 Å². The first-order chi connectivity index (χ1) is 12.0. The summed E-state index contributed by atoms with van der Waals surface area (Å²) in [5.41, 5.74) is 0.0561. The van der Waals surface area contributed by atoms with Crippen molar-refractivity contribution in [3.05, 3.63) is 41.2 Å². The summed E-state index contributed by atoms with van der Waals surface area (Å²) in [4.78, 5) is 28.3. The quantitative estimate of drug-likeness (QED) is 0.854. The van der Waals surface area contributed by atoms with E-state index in [4.69, 9.17) is 0 Å². The summed E-state index contributed by atoms with van der Waals surface area (Å²) in [5, 5.41) is 14.6. The van der Waals surface area contributed by atoms with Gasteiger partial charge in [0.1, 0.15) is 16.4 Å². The van der Waals surface area contributed by atoms with Crippen LogP contribution >= 0.6 is 11.3 Å². The molecule has 1 saturated carbocycles. The third-order valence-corrected chi connectivity index (χ3v) is 5.40. The zero-order chi connectivity index (χ0) is 17.9. The highest BCUT2D eigenvalue weighted by Crippen LogP contribution is 2.29. The molecule has 7 heteroatoms. The molecule has 1 aliphatic rings. The molecule has 1 heterocycles. The van der Waals surface area contributed by atoms with Crippen molar-refractivity contribution in [2.45, 2.75) is 44.1 Å². The Kier molecular flexibility index (Phi) is 5.13. The highest BCUT2D eigenvalue weighted by molar-refractivity contribution is 7.13. The van der Waals surface area contributed by atoms with Crippen LogP contribution < -0.4 is 5.32 Å². The molecule has 0 unspecified atom stereocenters. The van der Waals surface area contributed by atoms with Gasteiger partial charge in [-0.25, -0.2) is 14.2 Å². The van der Waals surface area contributed by atoms with E-state index in [1.807, 2.05) is 0 Å². The summed E-state index contributed by atoms with van der Waals surface area (Å²) in [5.74, 6) is -1.66. The Balaban J connectivity index is 1.68. The minimum Gasteiger partial charge on any atom is -0.480 e. The molecule has 2 N–H and O–H groups in total. The first-order valence-electron chi connectivity index (χ1n) is 8.23. The topological polar surface area (TPSA) is 79.3 Å². The van der Waals surface area contributed by atoms with E-state index in [2.05, 4.69) is 10.3 Å². The lowest BCUT2D eigenvalue weighted by Gasteiger charge is -2.33. The van der Waals surface area contributed by atoms with E-state index < -0.39 is 11.5 Å². The minimum atomic E-state index is -1.16. The highest BCUT2D eigenvalue weighted by atomic mass is 32.1. The van der Waals surface area contributed by atoms with Crippen molar-refractivity contribution < 1.29 is 19.1 Å². The van der Waals surface area contributed by atoms with Crippen LogP contribution in [0.4, 0.5) is 4.39 Å². The minimum absolute atomic E-state index is 0.0147. The van der Waals surface area contributed by atoms with Crippen LogP contribution in [0.25, 0.3) is 10.6 Å². The van der Waals surface area contributed by atoms with Gasteiger partial charge in [-0.2, -0.15) is 0 Å². The second kappa shape index (κ2) is 7.31. The molecule has 1 fully saturated rings. The number of rotatable bonds is 5. The van der Waals surface area contributed by atoms with Crippen molar-refractivity contribution >= 4 is 23.2 Å². The fourth-order valence-corrected chi connectivity index (χ4v) is 3.98. The molecule has 0 radical (unpaired) electrons. The van der Waals surface area contributed by atoms with Crippen LogP contribution in [0, 0.1) is 5.82 Å². The van der Waals surface area contributed by atoms with Crippen LogP contribution in [-0.4, -0.2) is 27.5 Å². The second-order valence-electron chi connectivity index (χ2n) is 6.33. The maximum Gasteiger partial charge on any atom is 0.329 e. The average molecular weight is 362 g/mol. The maximum atomic E-state index is 13.3. The van der Waals surface area contributed by atoms with Crippen LogP contribution in [0.3, 0.4) is 0 Å². The van der Waals surface area contributed by atoms with Crippen molar-refractivity contribution in [2.75, 3.05) is 0 Å². The SMILES string of the molecule is O=C(Cc1csc(-c2cccc(F)c2)n1)NC1(C(=O)O)CCCCC1. The Bertz CT molecular complexity index is 784. The van der Waals surface area contributed by atoms with E-state index >= 15 is 0 Å². The van der Waals surface area contributed by atoms with Crippen LogP contribution in [0.5, 0.6) is 0 Å². The summed E-state index contributed by atoms with van der Waals surface area (Å²) in [7, 11) is 0. The second-order valence-corrected chi connectivity index (χ2v) is 7.19. The van der Waals surface area contributed by atoms with Crippen LogP contribution in [0.15, 0.2) is 29.6 Å². The van der Waals surface area contributed by atoms with Crippen molar-refractivity contribution in [2.24, 2.45) is 0 Å². The first-order valence-corrected chi connectivity index (χ1v) is 9.11. The zero-order valence-corrected chi connectivity index (χ0v) is 14.4. The lowest BCUT2D eigenvalue weighted by Crippen LogP contribution is -2.56. The number of amides is 1. The molecule has 0 spiro atoms. The Morgan fingerprint density at radius 3 is 2.72 bits per heavy atom. The van der Waals surface area contributed by atoms with Crippen molar-refractivity contribution in [3.63, 3.8) is 0 Å². The number of hydrogen-bond acceptors (Lipinski definition) is 4. The van der Waals surface area contributed by atoms with Crippen LogP contribution in [-0.2, 0) is 16.0 Å². The Labute approximate surface area is 148 Å². The molecule has 5 nitrogen and oxygen atoms in total. The van der Waals surface area contributed by atoms with Gasteiger partial charge in [0, 0.05) is 10.9 Å². The molecule has 0 aliphatic heterocycles. The molecule has 1 aliphatic carbocycles. The molecule has 1 aromatic carbocycles. The Morgan fingerprint density at radius 1 is 1.28 bits per heavy atom. The van der Waals surface area contributed by atoms with E-state index in [0.29, 0.717) is 29.1 Å². The third kappa shape index (κ3) is 4.04. The summed E-state index contributed by atoms with van der Waals surface area (Å²) in [6.07, 6.45) is 3.52. The fraction of sp³-hybridized carbons (Fsp3) is 0.389. The van der Waals surface area contributed by atoms with Gasteiger partial charge in [0.15, 0.2) is 0 Å². The Hall–Kier alpha value is -2.28. The molecule has 132 valence electrons. The third-order valence-electron chi connectivity index (χ3n) is 4.46. The molecule has 25 heavy (non-hydrogen) atoms. The molecule has 0 saturated heterocycles. The fourth-order valence-electron chi connectivity index (χ4n) is 3.17. The van der Waals surface area contributed by atoms with E-state index in [-0.39, 0.29) is 18.1 Å². The summed E-state index contributed by atoms with van der Waals surface area (Å²) in [6, 6.07) is 6.12. The molecule has 0 bridgehead atoms. The van der Waals surface area contributed by atoms with Gasteiger partial charge in [-0.05, 0) is 25.0 Å². The van der Waals surface area contributed by atoms with Gasteiger partial charge in [-0.3, -0.25) is 4.79 Å². The van der Waals surface area contributed by atoms with Gasteiger partial charge in [0.2, 0.25) is 5.91 Å². The van der Waals surface area contributed by atoms with Gasteiger partial charge < -0.3 is 10.4 Å². The average Bonchev–Trinajstić information content (AvgIpc) is 3.04. The number of aliphatic carboxylic acids is 1. The number of nitrogens with one attached hydrogen (secondary N) is 1. The van der Waals surface area contributed by atoms with Gasteiger partial charge >= 0.3 is 5.97 Å². The number of halogens is 1. The van der Waals surface area contributed by atoms with Gasteiger partial charge in [0.25, 0.3) is 0 Å². The maximum absolute atomic E-state index is 13.3. The van der Waals surface area contributed by atoms with E-state index in [1.54, 1.807) is 17.5 Å². The van der Waals surface area contributed by atoms with Gasteiger partial charge in [-0.15, -0.1) is 11.3 Å². The number of carboxylic acid groups (broad SMARTS) is 1. The normalized spacial score (nSPS) is 16.4. The number of nitrogens with zero attached hydrogens (tertiary/aromatic N) is 1. The number of thiazole rings is 1. The number of aromatic nitrogens is 1. The number of hydrogen-bond donors (Lipinski definition) is 2. The zero-order valence-electron chi connectivity index (χ0n) is 13.6.